The van der Waals surface area contributed by atoms with Crippen LogP contribution < -0.4 is 10.6 Å². The maximum Gasteiger partial charge on any atom is 0.257 e. The number of carbonyl (C=O) groups is 1. The fraction of sp³-hybridized carbons (Fsp3) is 0.579. The minimum atomic E-state index is -0.122. The van der Waals surface area contributed by atoms with E-state index in [2.05, 4.69) is 15.8 Å². The van der Waals surface area contributed by atoms with Gasteiger partial charge >= 0.3 is 0 Å². The first kappa shape index (κ1) is 16.8. The van der Waals surface area contributed by atoms with Crippen LogP contribution in [0, 0.1) is 12.8 Å². The molecule has 2 saturated carbocycles. The van der Waals surface area contributed by atoms with Gasteiger partial charge in [-0.25, -0.2) is 0 Å². The van der Waals surface area contributed by atoms with E-state index < -0.39 is 0 Å². The highest BCUT2D eigenvalue weighted by molar-refractivity contribution is 7.10. The lowest BCUT2D eigenvalue weighted by molar-refractivity contribution is 0.102. The second-order valence-electron chi connectivity index (χ2n) is 7.38. The predicted molar refractivity (Wildman–Crippen MR) is 99.2 cm³/mol. The third-order valence-electron chi connectivity index (χ3n) is 5.30. The van der Waals surface area contributed by atoms with Crippen molar-refractivity contribution in [3.8, 4) is 0 Å². The molecular weight excluding hydrogens is 334 g/mol. The molecule has 5 nitrogen and oxygen atoms in total. The second kappa shape index (κ2) is 7.30. The van der Waals surface area contributed by atoms with Crippen molar-refractivity contribution in [1.29, 1.82) is 0 Å². The fourth-order valence-corrected chi connectivity index (χ4v) is 4.79. The van der Waals surface area contributed by atoms with Crippen molar-refractivity contribution in [3.05, 3.63) is 33.7 Å². The van der Waals surface area contributed by atoms with E-state index in [4.69, 9.17) is 4.52 Å². The van der Waals surface area contributed by atoms with E-state index in [1.165, 1.54) is 43.4 Å². The van der Waals surface area contributed by atoms with Crippen LogP contribution in [0.1, 0.15) is 65.4 Å². The number of thiophene rings is 1. The molecule has 2 aromatic rings. The molecule has 134 valence electrons. The highest BCUT2D eigenvalue weighted by Gasteiger charge is 2.39. The van der Waals surface area contributed by atoms with Gasteiger partial charge in [0.1, 0.15) is 5.76 Å². The molecule has 1 amide bonds. The number of nitrogens with zero attached hydrogens (tertiary/aromatic N) is 1. The molecule has 0 radical (unpaired) electrons. The summed E-state index contributed by atoms with van der Waals surface area (Å²) in [4.78, 5) is 13.6. The molecule has 0 spiro atoms. The van der Waals surface area contributed by atoms with Crippen molar-refractivity contribution in [2.24, 2.45) is 5.92 Å². The number of carbonyl (C=O) groups excluding carboxylic acids is 1. The topological polar surface area (TPSA) is 67.2 Å². The molecule has 4 rings (SSSR count). The summed E-state index contributed by atoms with van der Waals surface area (Å²) < 4.78 is 4.98. The SMILES string of the molecule is Cc1cc(NC(=O)c2csc([C@@H]3CC3NCC3CCCCC3)c2)no1. The van der Waals surface area contributed by atoms with Crippen molar-refractivity contribution in [2.75, 3.05) is 11.9 Å². The Balaban J connectivity index is 1.27. The van der Waals surface area contributed by atoms with Crippen LogP contribution in [0.5, 0.6) is 0 Å². The van der Waals surface area contributed by atoms with Gasteiger partial charge in [-0.3, -0.25) is 4.79 Å². The van der Waals surface area contributed by atoms with Gasteiger partial charge < -0.3 is 15.2 Å². The van der Waals surface area contributed by atoms with Crippen molar-refractivity contribution in [2.45, 2.75) is 57.4 Å². The molecule has 2 aliphatic rings. The van der Waals surface area contributed by atoms with E-state index in [9.17, 15) is 4.79 Å². The summed E-state index contributed by atoms with van der Waals surface area (Å²) in [5, 5.41) is 12.3. The van der Waals surface area contributed by atoms with Crippen LogP contribution in [0.4, 0.5) is 5.82 Å². The highest BCUT2D eigenvalue weighted by atomic mass is 32.1. The average Bonchev–Trinajstić information content (AvgIpc) is 3.02. The molecule has 2 aliphatic carbocycles. The zero-order chi connectivity index (χ0) is 17.2. The van der Waals surface area contributed by atoms with Crippen molar-refractivity contribution in [1.82, 2.24) is 10.5 Å². The third-order valence-corrected chi connectivity index (χ3v) is 6.37. The number of hydrogen-bond acceptors (Lipinski definition) is 5. The number of aryl methyl sites for hydroxylation is 1. The van der Waals surface area contributed by atoms with Crippen molar-refractivity contribution >= 4 is 23.1 Å². The summed E-state index contributed by atoms with van der Waals surface area (Å²) in [6, 6.07) is 4.34. The second-order valence-corrected chi connectivity index (χ2v) is 8.32. The molecule has 0 aliphatic heterocycles. The van der Waals surface area contributed by atoms with E-state index in [0.29, 0.717) is 29.1 Å². The van der Waals surface area contributed by atoms with Crippen LogP contribution in [0.2, 0.25) is 0 Å². The monoisotopic (exact) mass is 359 g/mol. The number of nitrogens with one attached hydrogen (secondary N) is 2. The number of anilines is 1. The molecule has 2 N–H and O–H groups in total. The summed E-state index contributed by atoms with van der Waals surface area (Å²) >= 11 is 1.68. The van der Waals surface area contributed by atoms with Crippen molar-refractivity contribution in [3.63, 3.8) is 0 Å². The smallest absolute Gasteiger partial charge is 0.257 e. The van der Waals surface area contributed by atoms with Crippen LogP contribution in [0.15, 0.2) is 22.0 Å². The van der Waals surface area contributed by atoms with Gasteiger partial charge in [-0.1, -0.05) is 24.4 Å². The molecule has 2 heterocycles. The van der Waals surface area contributed by atoms with Crippen LogP contribution in [0.3, 0.4) is 0 Å². The molecule has 2 aromatic heterocycles. The largest absolute Gasteiger partial charge is 0.360 e. The van der Waals surface area contributed by atoms with E-state index >= 15 is 0 Å². The molecular formula is C19H25N3O2S. The summed E-state index contributed by atoms with van der Waals surface area (Å²) in [7, 11) is 0. The summed E-state index contributed by atoms with van der Waals surface area (Å²) in [5.74, 6) is 2.47. The van der Waals surface area contributed by atoms with Crippen molar-refractivity contribution < 1.29 is 9.32 Å². The van der Waals surface area contributed by atoms with Gasteiger partial charge in [-0.05, 0) is 44.7 Å². The van der Waals surface area contributed by atoms with Crippen LogP contribution in [0.25, 0.3) is 0 Å². The lowest BCUT2D eigenvalue weighted by Crippen LogP contribution is -2.26. The Morgan fingerprint density at radius 1 is 1.32 bits per heavy atom. The first-order chi connectivity index (χ1) is 12.2. The molecule has 6 heteroatoms. The lowest BCUT2D eigenvalue weighted by Gasteiger charge is -2.21. The first-order valence-electron chi connectivity index (χ1n) is 9.25. The van der Waals surface area contributed by atoms with E-state index in [1.54, 1.807) is 24.3 Å². The van der Waals surface area contributed by atoms with E-state index in [-0.39, 0.29) is 5.91 Å². The number of hydrogen-bond donors (Lipinski definition) is 2. The third kappa shape index (κ3) is 4.12. The summed E-state index contributed by atoms with van der Waals surface area (Å²) in [5.41, 5.74) is 0.707. The van der Waals surface area contributed by atoms with E-state index in [1.807, 2.05) is 11.4 Å². The normalized spacial score (nSPS) is 23.6. The Kier molecular flexibility index (Phi) is 4.90. The van der Waals surface area contributed by atoms with Crippen LogP contribution >= 0.6 is 11.3 Å². The Hall–Kier alpha value is -1.66. The van der Waals surface area contributed by atoms with Gasteiger partial charge in [0, 0.05) is 28.3 Å². The lowest BCUT2D eigenvalue weighted by atomic mass is 9.89. The van der Waals surface area contributed by atoms with Gasteiger partial charge in [0.2, 0.25) is 0 Å². The van der Waals surface area contributed by atoms with Gasteiger partial charge in [0.15, 0.2) is 5.82 Å². The van der Waals surface area contributed by atoms with Gasteiger partial charge in [-0.2, -0.15) is 0 Å². The Bertz CT molecular complexity index is 733. The van der Waals surface area contributed by atoms with Crippen LogP contribution in [-0.4, -0.2) is 23.7 Å². The first-order valence-corrected chi connectivity index (χ1v) is 10.1. The molecule has 2 fully saturated rings. The van der Waals surface area contributed by atoms with Gasteiger partial charge in [0.25, 0.3) is 5.91 Å². The summed E-state index contributed by atoms with van der Waals surface area (Å²) in [6.07, 6.45) is 8.17. The van der Waals surface area contributed by atoms with E-state index in [0.717, 1.165) is 12.5 Å². The zero-order valence-corrected chi connectivity index (χ0v) is 15.4. The predicted octanol–water partition coefficient (Wildman–Crippen LogP) is 4.32. The number of aromatic nitrogens is 1. The highest BCUT2D eigenvalue weighted by Crippen LogP contribution is 2.44. The molecule has 0 aromatic carbocycles. The quantitative estimate of drug-likeness (QED) is 0.806. The minimum Gasteiger partial charge on any atom is -0.360 e. The number of amides is 1. The molecule has 2 atom stereocenters. The average molecular weight is 359 g/mol. The Morgan fingerprint density at radius 2 is 2.16 bits per heavy atom. The molecule has 25 heavy (non-hydrogen) atoms. The van der Waals surface area contributed by atoms with Crippen LogP contribution in [-0.2, 0) is 0 Å². The summed E-state index contributed by atoms with van der Waals surface area (Å²) in [6.45, 7) is 2.96. The molecule has 1 unspecified atom stereocenters. The van der Waals surface area contributed by atoms with Gasteiger partial charge in [0.05, 0.1) is 5.56 Å². The Labute approximate surface area is 152 Å². The number of rotatable bonds is 6. The standard InChI is InChI=1S/C19H25N3O2S/c1-12-7-18(22-24-12)21-19(23)14-8-17(25-11-14)15-9-16(15)20-10-13-5-3-2-4-6-13/h7-8,11,13,15-16,20H,2-6,9-10H2,1H3,(H,21,22,23)/t15-,16?/m1/s1. The Morgan fingerprint density at radius 3 is 2.92 bits per heavy atom. The molecule has 0 bridgehead atoms. The fourth-order valence-electron chi connectivity index (χ4n) is 3.72. The van der Waals surface area contributed by atoms with Gasteiger partial charge in [-0.15, -0.1) is 11.3 Å². The maximum atomic E-state index is 12.3. The maximum absolute atomic E-state index is 12.3. The molecule has 0 saturated heterocycles. The zero-order valence-electron chi connectivity index (χ0n) is 14.6. The minimum absolute atomic E-state index is 0.122.